The molecular weight excluding hydrogens is 418 g/mol. The summed E-state index contributed by atoms with van der Waals surface area (Å²) in [5, 5.41) is 1.80. The van der Waals surface area contributed by atoms with Gasteiger partial charge in [-0.3, -0.25) is 9.36 Å². The van der Waals surface area contributed by atoms with Crippen LogP contribution in [0.5, 0.6) is 0 Å². The van der Waals surface area contributed by atoms with E-state index in [1.807, 2.05) is 6.07 Å². The second-order valence-corrected chi connectivity index (χ2v) is 7.82. The molecule has 0 aliphatic heterocycles. The molecule has 0 unspecified atom stereocenters. The zero-order valence-corrected chi connectivity index (χ0v) is 16.7. The van der Waals surface area contributed by atoms with Gasteiger partial charge < -0.3 is 0 Å². The van der Waals surface area contributed by atoms with Crippen molar-refractivity contribution in [2.75, 3.05) is 0 Å². The van der Waals surface area contributed by atoms with Crippen LogP contribution in [0.2, 0.25) is 10.0 Å². The lowest BCUT2D eigenvalue weighted by atomic mass is 10.2. The van der Waals surface area contributed by atoms with Gasteiger partial charge in [-0.25, -0.2) is 9.37 Å². The predicted octanol–water partition coefficient (Wildman–Crippen LogP) is 6.12. The van der Waals surface area contributed by atoms with Gasteiger partial charge in [-0.2, -0.15) is 0 Å². The Labute approximate surface area is 174 Å². The first-order valence-corrected chi connectivity index (χ1v) is 10.1. The maximum absolute atomic E-state index is 13.2. The fourth-order valence-corrected chi connectivity index (χ4v) is 4.05. The number of thioether (sulfide) groups is 1. The molecule has 28 heavy (non-hydrogen) atoms. The van der Waals surface area contributed by atoms with Crippen LogP contribution in [-0.2, 0) is 5.75 Å². The highest BCUT2D eigenvalue weighted by atomic mass is 35.5. The molecule has 0 saturated heterocycles. The van der Waals surface area contributed by atoms with E-state index in [1.165, 1.54) is 28.5 Å². The van der Waals surface area contributed by atoms with Crippen LogP contribution in [0.15, 0.2) is 76.7 Å². The Morgan fingerprint density at radius 1 is 0.964 bits per heavy atom. The zero-order valence-electron chi connectivity index (χ0n) is 14.4. The number of hydrogen-bond acceptors (Lipinski definition) is 3. The number of halogens is 3. The van der Waals surface area contributed by atoms with Crippen molar-refractivity contribution < 1.29 is 4.39 Å². The summed E-state index contributed by atoms with van der Waals surface area (Å²) < 4.78 is 14.7. The molecule has 0 saturated carbocycles. The van der Waals surface area contributed by atoms with Gasteiger partial charge in [-0.15, -0.1) is 0 Å². The summed E-state index contributed by atoms with van der Waals surface area (Å²) in [5.41, 5.74) is 1.93. The summed E-state index contributed by atoms with van der Waals surface area (Å²) in [6, 6.07) is 18.5. The molecule has 0 atom stereocenters. The molecule has 1 heterocycles. The predicted molar refractivity (Wildman–Crippen MR) is 113 cm³/mol. The fraction of sp³-hybridized carbons (Fsp3) is 0.0476. The van der Waals surface area contributed by atoms with Gasteiger partial charge in [0.25, 0.3) is 5.56 Å². The summed E-state index contributed by atoms with van der Waals surface area (Å²) in [6.45, 7) is 0. The lowest BCUT2D eigenvalue weighted by Crippen LogP contribution is -2.21. The minimum atomic E-state index is -0.287. The number of benzene rings is 3. The van der Waals surface area contributed by atoms with Crippen LogP contribution < -0.4 is 5.56 Å². The van der Waals surface area contributed by atoms with Crippen LogP contribution in [0.1, 0.15) is 5.56 Å². The van der Waals surface area contributed by atoms with Crippen LogP contribution in [0, 0.1) is 5.82 Å². The van der Waals surface area contributed by atoms with Gasteiger partial charge in [0.2, 0.25) is 0 Å². The molecule has 0 radical (unpaired) electrons. The van der Waals surface area contributed by atoms with Crippen molar-refractivity contribution in [3.8, 4) is 5.69 Å². The Morgan fingerprint density at radius 2 is 1.71 bits per heavy atom. The summed E-state index contributed by atoms with van der Waals surface area (Å²) in [5.74, 6) is 0.247. The number of aromatic nitrogens is 2. The quantitative estimate of drug-likeness (QED) is 0.288. The standard InChI is InChI=1S/C21H13Cl2FN2OS/c22-17-10-9-15(11-18(17)23)26-20(27)16-3-1-2-4-19(16)25-21(26)28-12-13-5-7-14(24)8-6-13/h1-11H,12H2. The number of rotatable bonds is 4. The van der Waals surface area contributed by atoms with Crippen molar-refractivity contribution in [3.05, 3.63) is 98.5 Å². The topological polar surface area (TPSA) is 34.9 Å². The van der Waals surface area contributed by atoms with Crippen LogP contribution in [0.4, 0.5) is 4.39 Å². The molecule has 0 aliphatic carbocycles. The first-order valence-electron chi connectivity index (χ1n) is 8.37. The first kappa shape index (κ1) is 19.0. The number of nitrogens with zero attached hydrogens (tertiary/aromatic N) is 2. The Morgan fingerprint density at radius 3 is 2.46 bits per heavy atom. The second kappa shape index (κ2) is 7.95. The van der Waals surface area contributed by atoms with Crippen LogP contribution in [-0.4, -0.2) is 9.55 Å². The molecule has 140 valence electrons. The Hall–Kier alpha value is -2.34. The maximum atomic E-state index is 13.2. The number of hydrogen-bond donors (Lipinski definition) is 0. The van der Waals surface area contributed by atoms with Crippen molar-refractivity contribution in [2.45, 2.75) is 10.9 Å². The molecule has 0 aliphatic rings. The van der Waals surface area contributed by atoms with E-state index in [0.717, 1.165) is 5.56 Å². The lowest BCUT2D eigenvalue weighted by Gasteiger charge is -2.14. The molecule has 4 aromatic rings. The summed E-state index contributed by atoms with van der Waals surface area (Å²) in [7, 11) is 0. The molecule has 1 aromatic heterocycles. The second-order valence-electron chi connectivity index (χ2n) is 6.07. The van der Waals surface area contributed by atoms with Crippen LogP contribution in [0.25, 0.3) is 16.6 Å². The van der Waals surface area contributed by atoms with Crippen molar-refractivity contribution in [1.29, 1.82) is 0 Å². The Bertz CT molecular complexity index is 1230. The van der Waals surface area contributed by atoms with E-state index >= 15 is 0 Å². The molecule has 0 N–H and O–H groups in total. The minimum Gasteiger partial charge on any atom is -0.268 e. The molecule has 0 amide bonds. The average Bonchev–Trinajstić information content (AvgIpc) is 2.70. The third-order valence-electron chi connectivity index (χ3n) is 4.19. The molecule has 0 spiro atoms. The number of para-hydroxylation sites is 1. The molecule has 0 bridgehead atoms. The summed E-state index contributed by atoms with van der Waals surface area (Å²) >= 11 is 13.6. The largest absolute Gasteiger partial charge is 0.268 e. The highest BCUT2D eigenvalue weighted by Gasteiger charge is 2.14. The van der Waals surface area contributed by atoms with E-state index in [1.54, 1.807) is 48.5 Å². The van der Waals surface area contributed by atoms with Crippen molar-refractivity contribution in [3.63, 3.8) is 0 Å². The third kappa shape index (κ3) is 3.78. The zero-order chi connectivity index (χ0) is 19.7. The third-order valence-corrected chi connectivity index (χ3v) is 5.94. The average molecular weight is 431 g/mol. The van der Waals surface area contributed by atoms with E-state index in [2.05, 4.69) is 4.98 Å². The van der Waals surface area contributed by atoms with Crippen LogP contribution >= 0.6 is 35.0 Å². The SMILES string of the molecule is O=c1c2ccccc2nc(SCc2ccc(F)cc2)n1-c1ccc(Cl)c(Cl)c1. The molecule has 3 nitrogen and oxygen atoms in total. The van der Waals surface area contributed by atoms with Gasteiger partial charge in [-0.1, -0.05) is 59.2 Å². The first-order chi connectivity index (χ1) is 13.5. The molecule has 7 heteroatoms. The molecular formula is C21H13Cl2FN2OS. The van der Waals surface area contributed by atoms with Gasteiger partial charge in [0, 0.05) is 5.75 Å². The highest BCUT2D eigenvalue weighted by molar-refractivity contribution is 7.98. The van der Waals surface area contributed by atoms with Crippen LogP contribution in [0.3, 0.4) is 0 Å². The van der Waals surface area contributed by atoms with Gasteiger partial charge in [0.15, 0.2) is 5.16 Å². The maximum Gasteiger partial charge on any atom is 0.266 e. The molecule has 0 fully saturated rings. The van der Waals surface area contributed by atoms with Gasteiger partial charge in [0.05, 0.1) is 26.6 Å². The Balaban J connectivity index is 1.84. The highest BCUT2D eigenvalue weighted by Crippen LogP contribution is 2.28. The number of fused-ring (bicyclic) bond motifs is 1. The minimum absolute atomic E-state index is 0.189. The van der Waals surface area contributed by atoms with Crippen molar-refractivity contribution >= 4 is 45.9 Å². The van der Waals surface area contributed by atoms with E-state index in [-0.39, 0.29) is 11.4 Å². The monoisotopic (exact) mass is 430 g/mol. The van der Waals surface area contributed by atoms with E-state index in [9.17, 15) is 9.18 Å². The Kier molecular flexibility index (Phi) is 5.40. The van der Waals surface area contributed by atoms with Gasteiger partial charge >= 0.3 is 0 Å². The lowest BCUT2D eigenvalue weighted by molar-refractivity contribution is 0.627. The molecule has 4 rings (SSSR count). The summed E-state index contributed by atoms with van der Waals surface area (Å²) in [4.78, 5) is 17.9. The fourth-order valence-electron chi connectivity index (χ4n) is 2.79. The van der Waals surface area contributed by atoms with Crippen molar-refractivity contribution in [1.82, 2.24) is 9.55 Å². The van der Waals surface area contributed by atoms with E-state index < -0.39 is 0 Å². The van der Waals surface area contributed by atoms with E-state index in [4.69, 9.17) is 23.2 Å². The normalized spacial score (nSPS) is 11.1. The van der Waals surface area contributed by atoms with Gasteiger partial charge in [0.1, 0.15) is 5.82 Å². The smallest absolute Gasteiger partial charge is 0.266 e. The van der Waals surface area contributed by atoms with Gasteiger partial charge in [-0.05, 0) is 48.0 Å². The van der Waals surface area contributed by atoms with E-state index in [0.29, 0.717) is 37.5 Å². The van der Waals surface area contributed by atoms with Crippen molar-refractivity contribution in [2.24, 2.45) is 0 Å². The molecule has 3 aromatic carbocycles. The summed E-state index contributed by atoms with van der Waals surface area (Å²) in [6.07, 6.45) is 0.